The van der Waals surface area contributed by atoms with E-state index in [1.165, 1.54) is 11.1 Å². The monoisotopic (exact) mass is 338 g/mol. The molecule has 0 unspecified atom stereocenters. The number of nitrogens with one attached hydrogen (secondary N) is 1. The molecule has 0 radical (unpaired) electrons. The van der Waals surface area contributed by atoms with E-state index in [1.807, 2.05) is 24.0 Å². The topological polar surface area (TPSA) is 58.1 Å². The first-order valence-corrected chi connectivity index (χ1v) is 8.92. The number of anilines is 2. The Kier molecular flexibility index (Phi) is 5.02. The van der Waals surface area contributed by atoms with Crippen molar-refractivity contribution < 1.29 is 4.79 Å². The molecule has 2 aromatic rings. The Hall–Kier alpha value is -2.43. The van der Waals surface area contributed by atoms with Crippen molar-refractivity contribution in [1.82, 2.24) is 14.9 Å². The number of rotatable bonds is 3. The number of likely N-dealkylation sites (tertiary alicyclic amines) is 1. The van der Waals surface area contributed by atoms with E-state index in [0.717, 1.165) is 31.6 Å². The number of benzene rings is 1. The van der Waals surface area contributed by atoms with Crippen LogP contribution in [0, 0.1) is 26.7 Å². The highest BCUT2D eigenvalue weighted by Gasteiger charge is 2.23. The minimum absolute atomic E-state index is 0.00131. The molecule has 1 aliphatic rings. The summed E-state index contributed by atoms with van der Waals surface area (Å²) in [7, 11) is 0. The maximum atomic E-state index is 12.8. The second-order valence-electron chi connectivity index (χ2n) is 7.03. The number of aromatic nitrogens is 2. The quantitative estimate of drug-likeness (QED) is 0.918. The first kappa shape index (κ1) is 17.4. The number of aryl methyl sites for hydroxylation is 2. The van der Waals surface area contributed by atoms with Crippen LogP contribution >= 0.6 is 0 Å². The lowest BCUT2D eigenvalue weighted by molar-refractivity contribution is 0.0691. The maximum absolute atomic E-state index is 12.8. The van der Waals surface area contributed by atoms with Crippen LogP contribution in [-0.2, 0) is 0 Å². The van der Waals surface area contributed by atoms with E-state index in [-0.39, 0.29) is 5.91 Å². The Morgan fingerprint density at radius 1 is 1.16 bits per heavy atom. The highest BCUT2D eigenvalue weighted by molar-refractivity contribution is 5.93. The Balaban J connectivity index is 1.83. The number of carbonyl (C=O) groups is 1. The summed E-state index contributed by atoms with van der Waals surface area (Å²) < 4.78 is 0. The van der Waals surface area contributed by atoms with Crippen LogP contribution in [0.1, 0.15) is 47.2 Å². The zero-order valence-electron chi connectivity index (χ0n) is 15.5. The summed E-state index contributed by atoms with van der Waals surface area (Å²) in [6, 6.07) is 7.88. The van der Waals surface area contributed by atoms with Crippen molar-refractivity contribution >= 4 is 17.4 Å². The summed E-state index contributed by atoms with van der Waals surface area (Å²) >= 11 is 0. The largest absolute Gasteiger partial charge is 0.340 e. The van der Waals surface area contributed by atoms with E-state index < -0.39 is 0 Å². The fraction of sp³-hybridized carbons (Fsp3) is 0.450. The molecule has 5 heteroatoms. The molecule has 0 spiro atoms. The third kappa shape index (κ3) is 3.98. The van der Waals surface area contributed by atoms with Gasteiger partial charge in [-0.2, -0.15) is 0 Å². The number of amides is 1. The van der Waals surface area contributed by atoms with E-state index in [1.54, 1.807) is 6.07 Å². The van der Waals surface area contributed by atoms with Crippen molar-refractivity contribution in [3.63, 3.8) is 0 Å². The maximum Gasteiger partial charge on any atom is 0.272 e. The Labute approximate surface area is 149 Å². The van der Waals surface area contributed by atoms with Gasteiger partial charge in [0.15, 0.2) is 0 Å². The van der Waals surface area contributed by atoms with Crippen LogP contribution in [-0.4, -0.2) is 33.9 Å². The number of hydrogen-bond acceptors (Lipinski definition) is 4. The lowest BCUT2D eigenvalue weighted by Crippen LogP contribution is -2.38. The van der Waals surface area contributed by atoms with Crippen LogP contribution < -0.4 is 5.32 Å². The predicted molar refractivity (Wildman–Crippen MR) is 100 cm³/mol. The van der Waals surface area contributed by atoms with Gasteiger partial charge in [-0.05, 0) is 56.7 Å². The normalized spacial score (nSPS) is 15.3. The van der Waals surface area contributed by atoms with E-state index in [2.05, 4.69) is 42.1 Å². The molecule has 25 heavy (non-hydrogen) atoms. The third-order valence-electron chi connectivity index (χ3n) is 5.00. The molecule has 1 amide bonds. The SMILES string of the molecule is Cc1nc(Nc2cccc(C)c2C)cc(C(=O)N2CCC(C)CC2)n1. The smallest absolute Gasteiger partial charge is 0.272 e. The summed E-state index contributed by atoms with van der Waals surface area (Å²) in [6.07, 6.45) is 2.12. The van der Waals surface area contributed by atoms with Gasteiger partial charge in [0.05, 0.1) is 0 Å². The average molecular weight is 338 g/mol. The fourth-order valence-electron chi connectivity index (χ4n) is 3.14. The lowest BCUT2D eigenvalue weighted by Gasteiger charge is -2.30. The summed E-state index contributed by atoms with van der Waals surface area (Å²) in [5.41, 5.74) is 3.87. The molecule has 0 saturated carbocycles. The van der Waals surface area contributed by atoms with Gasteiger partial charge >= 0.3 is 0 Å². The van der Waals surface area contributed by atoms with Gasteiger partial charge in [-0.3, -0.25) is 4.79 Å². The molecule has 1 saturated heterocycles. The number of hydrogen-bond donors (Lipinski definition) is 1. The molecule has 0 atom stereocenters. The van der Waals surface area contributed by atoms with Gasteiger partial charge in [0.1, 0.15) is 17.3 Å². The summed E-state index contributed by atoms with van der Waals surface area (Å²) in [4.78, 5) is 23.5. The summed E-state index contributed by atoms with van der Waals surface area (Å²) in [5.74, 6) is 1.96. The van der Waals surface area contributed by atoms with Gasteiger partial charge in [0, 0.05) is 24.8 Å². The Morgan fingerprint density at radius 3 is 2.60 bits per heavy atom. The van der Waals surface area contributed by atoms with Gasteiger partial charge in [0.2, 0.25) is 0 Å². The lowest BCUT2D eigenvalue weighted by atomic mass is 9.99. The van der Waals surface area contributed by atoms with E-state index in [9.17, 15) is 4.79 Å². The number of carbonyl (C=O) groups excluding carboxylic acids is 1. The van der Waals surface area contributed by atoms with Gasteiger partial charge < -0.3 is 10.2 Å². The van der Waals surface area contributed by atoms with Crippen molar-refractivity contribution in [3.8, 4) is 0 Å². The minimum atomic E-state index is 0.00131. The van der Waals surface area contributed by atoms with Crippen LogP contribution in [0.15, 0.2) is 24.3 Å². The molecule has 1 aliphatic heterocycles. The number of piperidine rings is 1. The zero-order valence-corrected chi connectivity index (χ0v) is 15.5. The van der Waals surface area contributed by atoms with E-state index in [0.29, 0.717) is 23.3 Å². The first-order valence-electron chi connectivity index (χ1n) is 8.92. The molecular weight excluding hydrogens is 312 g/mol. The van der Waals surface area contributed by atoms with Crippen LogP contribution in [0.2, 0.25) is 0 Å². The third-order valence-corrected chi connectivity index (χ3v) is 5.00. The van der Waals surface area contributed by atoms with E-state index in [4.69, 9.17) is 0 Å². The second-order valence-corrected chi connectivity index (χ2v) is 7.03. The molecule has 5 nitrogen and oxygen atoms in total. The molecular formula is C20H26N4O. The highest BCUT2D eigenvalue weighted by atomic mass is 16.2. The van der Waals surface area contributed by atoms with Crippen molar-refractivity contribution in [1.29, 1.82) is 0 Å². The fourth-order valence-corrected chi connectivity index (χ4v) is 3.14. The molecule has 0 aliphatic carbocycles. The molecule has 0 bridgehead atoms. The van der Waals surface area contributed by atoms with Crippen LogP contribution in [0.25, 0.3) is 0 Å². The molecule has 1 aromatic heterocycles. The van der Waals surface area contributed by atoms with E-state index >= 15 is 0 Å². The average Bonchev–Trinajstić information content (AvgIpc) is 2.58. The standard InChI is InChI=1S/C20H26N4O/c1-13-8-10-24(11-9-13)20(25)18-12-19(22-16(4)21-18)23-17-7-5-6-14(2)15(17)3/h5-7,12-13H,8-11H2,1-4H3,(H,21,22,23). The summed E-state index contributed by atoms with van der Waals surface area (Å²) in [5, 5.41) is 3.34. The van der Waals surface area contributed by atoms with Crippen molar-refractivity contribution in [3.05, 3.63) is 46.9 Å². The Morgan fingerprint density at radius 2 is 1.88 bits per heavy atom. The number of nitrogens with zero attached hydrogens (tertiary/aromatic N) is 3. The molecule has 1 fully saturated rings. The minimum Gasteiger partial charge on any atom is -0.340 e. The van der Waals surface area contributed by atoms with Crippen LogP contribution in [0.4, 0.5) is 11.5 Å². The van der Waals surface area contributed by atoms with Crippen molar-refractivity contribution in [2.45, 2.75) is 40.5 Å². The summed E-state index contributed by atoms with van der Waals surface area (Å²) in [6.45, 7) is 9.84. The van der Waals surface area contributed by atoms with Crippen molar-refractivity contribution in [2.75, 3.05) is 18.4 Å². The zero-order chi connectivity index (χ0) is 18.0. The second kappa shape index (κ2) is 7.21. The molecule has 1 aromatic carbocycles. The molecule has 3 rings (SSSR count). The molecule has 2 heterocycles. The van der Waals surface area contributed by atoms with Gasteiger partial charge in [-0.1, -0.05) is 19.1 Å². The first-order chi connectivity index (χ1) is 11.9. The molecule has 1 N–H and O–H groups in total. The van der Waals surface area contributed by atoms with Crippen LogP contribution in [0.5, 0.6) is 0 Å². The predicted octanol–water partition coefficient (Wildman–Crippen LogP) is 4.02. The van der Waals surface area contributed by atoms with Gasteiger partial charge in [0.25, 0.3) is 5.91 Å². The van der Waals surface area contributed by atoms with Gasteiger partial charge in [-0.25, -0.2) is 9.97 Å². The van der Waals surface area contributed by atoms with Crippen molar-refractivity contribution in [2.24, 2.45) is 5.92 Å². The molecule has 132 valence electrons. The van der Waals surface area contributed by atoms with Gasteiger partial charge in [-0.15, -0.1) is 0 Å². The Bertz CT molecular complexity index is 779. The van der Waals surface area contributed by atoms with Crippen LogP contribution in [0.3, 0.4) is 0 Å². The highest BCUT2D eigenvalue weighted by Crippen LogP contribution is 2.23.